The molecule has 0 spiro atoms. The highest BCUT2D eigenvalue weighted by Crippen LogP contribution is 2.17. The molecular formula is C15H18FN3O2. The summed E-state index contributed by atoms with van der Waals surface area (Å²) < 4.78 is 18.7. The zero-order valence-corrected chi connectivity index (χ0v) is 12.5. The van der Waals surface area contributed by atoms with Crippen LogP contribution in [0.1, 0.15) is 60.4 Å². The molecule has 0 radical (unpaired) electrons. The number of nitrogens with one attached hydrogen (secondary N) is 1. The first-order valence-electron chi connectivity index (χ1n) is 6.78. The number of carbonyl (C=O) groups excluding carboxylic acids is 1. The zero-order valence-electron chi connectivity index (χ0n) is 12.5. The normalized spacial score (nSPS) is 12.5. The average Bonchev–Trinajstić information content (AvgIpc) is 2.91. The summed E-state index contributed by atoms with van der Waals surface area (Å²) in [6, 6.07) is 3.81. The molecule has 1 unspecified atom stereocenters. The summed E-state index contributed by atoms with van der Waals surface area (Å²) in [4.78, 5) is 12.1. The summed E-state index contributed by atoms with van der Waals surface area (Å²) in [5.74, 6) is 0.372. The van der Waals surface area contributed by atoms with Crippen molar-refractivity contribution >= 4 is 5.91 Å². The standard InChI is InChI=1S/C15H18FN3O2/c1-8(2)14-18-19-15(21-14)10(4)17-13(20)11-5-6-12(16)9(3)7-11/h5-8,10H,1-4H3,(H,17,20). The van der Waals surface area contributed by atoms with E-state index in [0.29, 0.717) is 22.9 Å². The van der Waals surface area contributed by atoms with Crippen LogP contribution < -0.4 is 5.32 Å². The van der Waals surface area contributed by atoms with Crippen molar-refractivity contribution in [3.8, 4) is 0 Å². The van der Waals surface area contributed by atoms with Crippen molar-refractivity contribution in [2.75, 3.05) is 0 Å². The number of hydrogen-bond donors (Lipinski definition) is 1. The lowest BCUT2D eigenvalue weighted by Crippen LogP contribution is -2.27. The molecule has 5 nitrogen and oxygen atoms in total. The molecule has 1 N–H and O–H groups in total. The Hall–Kier alpha value is -2.24. The van der Waals surface area contributed by atoms with Crippen molar-refractivity contribution in [1.29, 1.82) is 0 Å². The first-order chi connectivity index (χ1) is 9.88. The van der Waals surface area contributed by atoms with Crippen LogP contribution in [0.3, 0.4) is 0 Å². The van der Waals surface area contributed by atoms with Crippen LogP contribution in [-0.4, -0.2) is 16.1 Å². The molecule has 2 rings (SSSR count). The van der Waals surface area contributed by atoms with Gasteiger partial charge in [0.2, 0.25) is 11.8 Å². The molecule has 1 aromatic carbocycles. The largest absolute Gasteiger partial charge is 0.423 e. The van der Waals surface area contributed by atoms with Crippen molar-refractivity contribution in [2.45, 2.75) is 39.7 Å². The van der Waals surface area contributed by atoms with Gasteiger partial charge in [-0.25, -0.2) is 4.39 Å². The topological polar surface area (TPSA) is 68.0 Å². The molecule has 0 saturated heterocycles. The maximum Gasteiger partial charge on any atom is 0.251 e. The fourth-order valence-corrected chi connectivity index (χ4v) is 1.78. The van der Waals surface area contributed by atoms with Gasteiger partial charge in [0.05, 0.1) is 0 Å². The van der Waals surface area contributed by atoms with E-state index in [1.54, 1.807) is 13.8 Å². The predicted octanol–water partition coefficient (Wildman–Crippen LogP) is 3.13. The lowest BCUT2D eigenvalue weighted by atomic mass is 10.1. The highest BCUT2D eigenvalue weighted by molar-refractivity contribution is 5.94. The zero-order chi connectivity index (χ0) is 15.6. The minimum Gasteiger partial charge on any atom is -0.423 e. The summed E-state index contributed by atoms with van der Waals surface area (Å²) >= 11 is 0. The Bertz CT molecular complexity index is 652. The van der Waals surface area contributed by atoms with Crippen LogP contribution in [0.2, 0.25) is 0 Å². The molecule has 1 atom stereocenters. The smallest absolute Gasteiger partial charge is 0.251 e. The summed E-state index contributed by atoms with van der Waals surface area (Å²) in [5, 5.41) is 10.6. The average molecular weight is 291 g/mol. The number of nitrogens with zero attached hydrogens (tertiary/aromatic N) is 2. The van der Waals surface area contributed by atoms with Gasteiger partial charge in [0.25, 0.3) is 5.91 Å². The number of carbonyl (C=O) groups is 1. The third kappa shape index (κ3) is 3.45. The second-order valence-electron chi connectivity index (χ2n) is 5.29. The van der Waals surface area contributed by atoms with E-state index in [1.165, 1.54) is 18.2 Å². The molecule has 1 amide bonds. The van der Waals surface area contributed by atoms with Crippen LogP contribution in [0, 0.1) is 12.7 Å². The van der Waals surface area contributed by atoms with E-state index in [2.05, 4.69) is 15.5 Å². The van der Waals surface area contributed by atoms with E-state index in [1.807, 2.05) is 13.8 Å². The number of aryl methyl sites for hydroxylation is 1. The Labute approximate surface area is 122 Å². The molecule has 0 aliphatic rings. The molecule has 2 aromatic rings. The van der Waals surface area contributed by atoms with Crippen LogP contribution >= 0.6 is 0 Å². The van der Waals surface area contributed by atoms with E-state index >= 15 is 0 Å². The highest BCUT2D eigenvalue weighted by atomic mass is 19.1. The van der Waals surface area contributed by atoms with Crippen LogP contribution in [0.25, 0.3) is 0 Å². The fraction of sp³-hybridized carbons (Fsp3) is 0.400. The molecule has 21 heavy (non-hydrogen) atoms. The molecule has 1 heterocycles. The maximum atomic E-state index is 13.2. The van der Waals surface area contributed by atoms with Crippen molar-refractivity contribution < 1.29 is 13.6 Å². The van der Waals surface area contributed by atoms with Crippen LogP contribution in [0.15, 0.2) is 22.6 Å². The Morgan fingerprint density at radius 3 is 2.48 bits per heavy atom. The van der Waals surface area contributed by atoms with Crippen molar-refractivity contribution in [3.63, 3.8) is 0 Å². The first-order valence-corrected chi connectivity index (χ1v) is 6.78. The molecule has 0 aliphatic heterocycles. The lowest BCUT2D eigenvalue weighted by molar-refractivity contribution is 0.0933. The summed E-state index contributed by atoms with van der Waals surface area (Å²) in [6.45, 7) is 7.26. The van der Waals surface area contributed by atoms with Gasteiger partial charge in [0.15, 0.2) is 0 Å². The SMILES string of the molecule is Cc1cc(C(=O)NC(C)c2nnc(C(C)C)o2)ccc1F. The van der Waals surface area contributed by atoms with Gasteiger partial charge >= 0.3 is 0 Å². The number of benzene rings is 1. The van der Waals surface area contributed by atoms with Crippen LogP contribution in [0.4, 0.5) is 4.39 Å². The van der Waals surface area contributed by atoms with Gasteiger partial charge in [0, 0.05) is 11.5 Å². The lowest BCUT2D eigenvalue weighted by Gasteiger charge is -2.10. The minimum atomic E-state index is -0.414. The van der Waals surface area contributed by atoms with Gasteiger partial charge in [-0.3, -0.25) is 4.79 Å². The summed E-state index contributed by atoms with van der Waals surface area (Å²) in [5.41, 5.74) is 0.819. The van der Waals surface area contributed by atoms with E-state index in [0.717, 1.165) is 0 Å². The molecule has 0 aliphatic carbocycles. The molecule has 1 aromatic heterocycles. The second kappa shape index (κ2) is 6.03. The van der Waals surface area contributed by atoms with Gasteiger partial charge in [-0.1, -0.05) is 13.8 Å². The number of rotatable bonds is 4. The number of halogens is 1. The van der Waals surface area contributed by atoms with Gasteiger partial charge in [0.1, 0.15) is 11.9 Å². The minimum absolute atomic E-state index is 0.133. The van der Waals surface area contributed by atoms with Gasteiger partial charge < -0.3 is 9.73 Å². The highest BCUT2D eigenvalue weighted by Gasteiger charge is 2.18. The Morgan fingerprint density at radius 1 is 1.24 bits per heavy atom. The summed E-state index contributed by atoms with van der Waals surface area (Å²) in [7, 11) is 0. The number of aromatic nitrogens is 2. The van der Waals surface area contributed by atoms with Gasteiger partial charge in [-0.05, 0) is 37.6 Å². The van der Waals surface area contributed by atoms with Gasteiger partial charge in [-0.15, -0.1) is 10.2 Å². The quantitative estimate of drug-likeness (QED) is 0.939. The Kier molecular flexibility index (Phi) is 4.35. The Balaban J connectivity index is 2.08. The van der Waals surface area contributed by atoms with Crippen molar-refractivity contribution in [3.05, 3.63) is 46.9 Å². The van der Waals surface area contributed by atoms with Crippen molar-refractivity contribution in [2.24, 2.45) is 0 Å². The number of amides is 1. The van der Waals surface area contributed by atoms with E-state index in [9.17, 15) is 9.18 Å². The maximum absolute atomic E-state index is 13.2. The van der Waals surface area contributed by atoms with E-state index < -0.39 is 6.04 Å². The monoisotopic (exact) mass is 291 g/mol. The molecule has 0 saturated carbocycles. The first kappa shape index (κ1) is 15.2. The molecule has 0 bridgehead atoms. The third-order valence-electron chi connectivity index (χ3n) is 3.09. The molecular weight excluding hydrogens is 273 g/mol. The molecule has 0 fully saturated rings. The molecule has 6 heteroatoms. The van der Waals surface area contributed by atoms with E-state index in [-0.39, 0.29) is 17.6 Å². The fourth-order valence-electron chi connectivity index (χ4n) is 1.78. The van der Waals surface area contributed by atoms with E-state index in [4.69, 9.17) is 4.42 Å². The van der Waals surface area contributed by atoms with Crippen LogP contribution in [0.5, 0.6) is 0 Å². The van der Waals surface area contributed by atoms with Crippen LogP contribution in [-0.2, 0) is 0 Å². The third-order valence-corrected chi connectivity index (χ3v) is 3.09. The number of hydrogen-bond acceptors (Lipinski definition) is 4. The van der Waals surface area contributed by atoms with Gasteiger partial charge in [-0.2, -0.15) is 0 Å². The second-order valence-corrected chi connectivity index (χ2v) is 5.29. The van der Waals surface area contributed by atoms with Crippen molar-refractivity contribution in [1.82, 2.24) is 15.5 Å². The summed E-state index contributed by atoms with van der Waals surface area (Å²) in [6.07, 6.45) is 0. The predicted molar refractivity (Wildman–Crippen MR) is 75.4 cm³/mol. The molecule has 112 valence electrons. The Morgan fingerprint density at radius 2 is 1.90 bits per heavy atom.